The Hall–Kier alpha value is -5.82. The summed E-state index contributed by atoms with van der Waals surface area (Å²) in [5.41, 5.74) is 7.47. The lowest BCUT2D eigenvalue weighted by atomic mass is 9.77. The molecule has 0 aliphatic heterocycles. The van der Waals surface area contributed by atoms with E-state index in [9.17, 15) is 4.79 Å². The van der Waals surface area contributed by atoms with E-state index in [0.717, 1.165) is 64.0 Å². The van der Waals surface area contributed by atoms with Crippen molar-refractivity contribution in [3.63, 3.8) is 0 Å². The van der Waals surface area contributed by atoms with Gasteiger partial charge < -0.3 is 0 Å². The van der Waals surface area contributed by atoms with E-state index < -0.39 is 5.54 Å². The number of tetrazole rings is 1. The second kappa shape index (κ2) is 13.5. The molecule has 7 nitrogen and oxygen atoms in total. The van der Waals surface area contributed by atoms with Gasteiger partial charge in [-0.25, -0.2) is 4.68 Å². The predicted octanol–water partition coefficient (Wildman–Crippen LogP) is 7.97. The van der Waals surface area contributed by atoms with Gasteiger partial charge in [0, 0.05) is 23.9 Å². The largest absolute Gasteiger partial charge is 0.283 e. The summed E-state index contributed by atoms with van der Waals surface area (Å²) in [6.45, 7) is 5.50. The van der Waals surface area contributed by atoms with Crippen molar-refractivity contribution in [3.05, 3.63) is 184 Å². The third kappa shape index (κ3) is 5.58. The Morgan fingerprint density at radius 3 is 1.75 bits per heavy atom. The van der Waals surface area contributed by atoms with Crippen LogP contribution < -0.4 is 5.56 Å². The molecule has 0 fully saturated rings. The summed E-state index contributed by atoms with van der Waals surface area (Å²) in [5.74, 6) is 0.661. The summed E-state index contributed by atoms with van der Waals surface area (Å²) >= 11 is 0. The van der Waals surface area contributed by atoms with E-state index in [1.54, 1.807) is 6.07 Å². The maximum absolute atomic E-state index is 12.6. The predicted molar refractivity (Wildman–Crippen MR) is 191 cm³/mol. The van der Waals surface area contributed by atoms with Crippen molar-refractivity contribution in [1.82, 2.24) is 29.6 Å². The van der Waals surface area contributed by atoms with E-state index in [-0.39, 0.29) is 5.56 Å². The van der Waals surface area contributed by atoms with Crippen LogP contribution in [0.1, 0.15) is 47.7 Å². The number of aromatic nitrogens is 6. The van der Waals surface area contributed by atoms with Crippen LogP contribution in [0, 0.1) is 6.92 Å². The zero-order valence-corrected chi connectivity index (χ0v) is 27.3. The first kappa shape index (κ1) is 30.8. The number of rotatable bonds is 11. The fourth-order valence-corrected chi connectivity index (χ4v) is 6.76. The maximum Gasteiger partial charge on any atom is 0.266 e. The first-order valence-electron chi connectivity index (χ1n) is 16.5. The highest BCUT2D eigenvalue weighted by molar-refractivity contribution is 5.81. The molecule has 5 aromatic carbocycles. The van der Waals surface area contributed by atoms with Gasteiger partial charge in [-0.05, 0) is 57.2 Å². The molecule has 2 aromatic heterocycles. The molecule has 0 saturated heterocycles. The van der Waals surface area contributed by atoms with Crippen LogP contribution in [-0.2, 0) is 18.6 Å². The van der Waals surface area contributed by atoms with Crippen molar-refractivity contribution in [3.8, 4) is 22.5 Å². The molecule has 0 atom stereocenters. The van der Waals surface area contributed by atoms with E-state index in [1.807, 2.05) is 40.6 Å². The van der Waals surface area contributed by atoms with Crippen molar-refractivity contribution in [1.29, 1.82) is 0 Å². The van der Waals surface area contributed by atoms with Gasteiger partial charge in [-0.3, -0.25) is 14.2 Å². The third-order valence-corrected chi connectivity index (χ3v) is 9.14. The lowest BCUT2D eigenvalue weighted by Crippen LogP contribution is -2.39. The van der Waals surface area contributed by atoms with Crippen LogP contribution in [0.2, 0.25) is 0 Å². The van der Waals surface area contributed by atoms with Gasteiger partial charge in [-0.15, -0.1) is 5.10 Å². The quantitative estimate of drug-likeness (QED) is 0.136. The van der Waals surface area contributed by atoms with E-state index in [0.29, 0.717) is 12.4 Å². The summed E-state index contributed by atoms with van der Waals surface area (Å²) in [5, 5.41) is 13.8. The molecule has 238 valence electrons. The SMILES string of the molecule is CCCCn1c(=O)cc(C)n1Cc1ccc(-c2ccccc2-c2nnnn2C(c2ccccc2)(c2ccccc2)c2ccccc2)cc1. The van der Waals surface area contributed by atoms with Gasteiger partial charge in [0.15, 0.2) is 5.82 Å². The van der Waals surface area contributed by atoms with Crippen molar-refractivity contribution in [2.24, 2.45) is 0 Å². The topological polar surface area (TPSA) is 70.5 Å². The van der Waals surface area contributed by atoms with Crippen LogP contribution in [0.5, 0.6) is 0 Å². The highest BCUT2D eigenvalue weighted by Gasteiger charge is 2.42. The molecule has 0 saturated carbocycles. The Balaban J connectivity index is 1.34. The Kier molecular flexibility index (Phi) is 8.67. The molecule has 0 aliphatic rings. The third-order valence-electron chi connectivity index (χ3n) is 9.14. The van der Waals surface area contributed by atoms with Crippen LogP contribution in [0.4, 0.5) is 0 Å². The minimum absolute atomic E-state index is 0.0572. The number of aryl methyl sites for hydroxylation is 1. The van der Waals surface area contributed by atoms with Gasteiger partial charge >= 0.3 is 0 Å². The summed E-state index contributed by atoms with van der Waals surface area (Å²) in [4.78, 5) is 12.6. The summed E-state index contributed by atoms with van der Waals surface area (Å²) in [7, 11) is 0. The second-order valence-corrected chi connectivity index (χ2v) is 12.1. The average Bonchev–Trinajstić information content (AvgIpc) is 3.73. The Morgan fingerprint density at radius 2 is 1.19 bits per heavy atom. The van der Waals surface area contributed by atoms with E-state index >= 15 is 0 Å². The van der Waals surface area contributed by atoms with Crippen LogP contribution in [0.25, 0.3) is 22.5 Å². The van der Waals surface area contributed by atoms with E-state index in [4.69, 9.17) is 10.3 Å². The van der Waals surface area contributed by atoms with Gasteiger partial charge in [0.1, 0.15) is 5.54 Å². The smallest absolute Gasteiger partial charge is 0.266 e. The maximum atomic E-state index is 12.6. The molecule has 2 heterocycles. The molecule has 0 radical (unpaired) electrons. The molecule has 0 aliphatic carbocycles. The van der Waals surface area contributed by atoms with E-state index in [2.05, 4.69) is 132 Å². The molecule has 0 N–H and O–H groups in total. The fraction of sp³-hybridized carbons (Fsp3) is 0.171. The summed E-state index contributed by atoms with van der Waals surface area (Å²) < 4.78 is 5.93. The molecule has 48 heavy (non-hydrogen) atoms. The summed E-state index contributed by atoms with van der Waals surface area (Å²) in [6, 6.07) is 49.9. The standard InChI is InChI=1S/C41H38N6O/c1-3-4-28-45-39(48)29-31(2)46(45)30-32-24-26-33(27-25-32)37-22-14-15-23-38(37)40-42-43-44-47(40)41(34-16-8-5-9-17-34,35-18-10-6-11-19-35)36-20-12-7-13-21-36/h5-27,29H,3-4,28,30H2,1-2H3. The van der Waals surface area contributed by atoms with E-state index in [1.165, 1.54) is 0 Å². The number of hydrogen-bond acceptors (Lipinski definition) is 4. The number of unbranched alkanes of at least 4 members (excludes halogenated alkanes) is 1. The Bertz CT molecular complexity index is 2070. The highest BCUT2D eigenvalue weighted by Crippen LogP contribution is 2.43. The van der Waals surface area contributed by atoms with Gasteiger partial charge in [-0.1, -0.05) is 153 Å². The monoisotopic (exact) mass is 630 g/mol. The Labute approximate surface area is 280 Å². The molecular formula is C41H38N6O. The van der Waals surface area contributed by atoms with Gasteiger partial charge in [0.2, 0.25) is 0 Å². The van der Waals surface area contributed by atoms with Crippen molar-refractivity contribution >= 4 is 0 Å². The van der Waals surface area contributed by atoms with Crippen molar-refractivity contribution in [2.75, 3.05) is 0 Å². The number of hydrogen-bond donors (Lipinski definition) is 0. The highest BCUT2D eigenvalue weighted by atomic mass is 16.1. The normalized spacial score (nSPS) is 11.5. The van der Waals surface area contributed by atoms with Crippen molar-refractivity contribution < 1.29 is 0 Å². The molecule has 0 unspecified atom stereocenters. The van der Waals surface area contributed by atoms with Crippen molar-refractivity contribution in [2.45, 2.75) is 45.3 Å². The fourth-order valence-electron chi connectivity index (χ4n) is 6.76. The number of benzene rings is 5. The van der Waals surface area contributed by atoms with Crippen LogP contribution >= 0.6 is 0 Å². The molecule has 7 aromatic rings. The first-order valence-corrected chi connectivity index (χ1v) is 16.5. The lowest BCUT2D eigenvalue weighted by molar-refractivity contribution is 0.445. The average molecular weight is 631 g/mol. The molecule has 0 bridgehead atoms. The molecule has 0 spiro atoms. The zero-order valence-electron chi connectivity index (χ0n) is 27.3. The Morgan fingerprint density at radius 1 is 0.646 bits per heavy atom. The van der Waals surface area contributed by atoms with Gasteiger partial charge in [0.05, 0.1) is 6.54 Å². The number of nitrogens with zero attached hydrogens (tertiary/aromatic N) is 6. The van der Waals surface area contributed by atoms with Gasteiger partial charge in [-0.2, -0.15) is 0 Å². The molecular weight excluding hydrogens is 592 g/mol. The zero-order chi connectivity index (χ0) is 32.9. The van der Waals surface area contributed by atoms with Crippen LogP contribution in [-0.4, -0.2) is 29.6 Å². The minimum atomic E-state index is -0.845. The second-order valence-electron chi connectivity index (χ2n) is 12.1. The lowest BCUT2D eigenvalue weighted by Gasteiger charge is -2.36. The first-order chi connectivity index (χ1) is 23.6. The molecule has 7 heteroatoms. The van der Waals surface area contributed by atoms with Crippen LogP contribution in [0.3, 0.4) is 0 Å². The van der Waals surface area contributed by atoms with Gasteiger partial charge in [0.25, 0.3) is 5.56 Å². The summed E-state index contributed by atoms with van der Waals surface area (Å²) in [6.07, 6.45) is 2.01. The minimum Gasteiger partial charge on any atom is -0.283 e. The molecule has 0 amide bonds. The molecule has 7 rings (SSSR count). The van der Waals surface area contributed by atoms with Crippen LogP contribution in [0.15, 0.2) is 150 Å².